The van der Waals surface area contributed by atoms with E-state index in [4.69, 9.17) is 16.5 Å². The number of aromatic nitrogens is 3. The summed E-state index contributed by atoms with van der Waals surface area (Å²) in [6, 6.07) is 17.8. The number of hydrogen-bond donors (Lipinski definition) is 2. The molecule has 2 aromatic carbocycles. The lowest BCUT2D eigenvalue weighted by Gasteiger charge is -2.14. The molecular formula is C24H22FN5. The van der Waals surface area contributed by atoms with Gasteiger partial charge in [-0.1, -0.05) is 30.3 Å². The van der Waals surface area contributed by atoms with Crippen LogP contribution in [0.5, 0.6) is 0 Å². The Balaban J connectivity index is 1.67. The van der Waals surface area contributed by atoms with E-state index in [0.717, 1.165) is 35.2 Å². The molecule has 0 atom stereocenters. The molecule has 0 amide bonds. The fourth-order valence-corrected chi connectivity index (χ4v) is 3.46. The van der Waals surface area contributed by atoms with Gasteiger partial charge in [0, 0.05) is 30.1 Å². The van der Waals surface area contributed by atoms with Gasteiger partial charge in [-0.3, -0.25) is 4.98 Å². The maximum atomic E-state index is 13.4. The Kier molecular flexibility index (Phi) is 5.66. The summed E-state index contributed by atoms with van der Waals surface area (Å²) >= 11 is 0. The van der Waals surface area contributed by atoms with Gasteiger partial charge in [0.25, 0.3) is 0 Å². The zero-order valence-corrected chi connectivity index (χ0v) is 16.4. The van der Waals surface area contributed by atoms with Crippen LogP contribution in [0.4, 0.5) is 15.9 Å². The van der Waals surface area contributed by atoms with Gasteiger partial charge in [0.15, 0.2) is 0 Å². The van der Waals surface area contributed by atoms with Crippen molar-refractivity contribution in [2.45, 2.75) is 19.3 Å². The molecule has 0 bridgehead atoms. The maximum Gasteiger partial charge on any atom is 0.135 e. The topological polar surface area (TPSA) is 90.7 Å². The Morgan fingerprint density at radius 2 is 1.50 bits per heavy atom. The highest BCUT2D eigenvalue weighted by molar-refractivity contribution is 5.87. The number of nitrogens with two attached hydrogens (primary N) is 2. The molecule has 0 radical (unpaired) electrons. The molecule has 150 valence electrons. The smallest absolute Gasteiger partial charge is 0.135 e. The van der Waals surface area contributed by atoms with Gasteiger partial charge < -0.3 is 11.5 Å². The second-order valence-corrected chi connectivity index (χ2v) is 7.04. The number of rotatable bonds is 6. The third-order valence-electron chi connectivity index (χ3n) is 4.97. The number of anilines is 2. The molecule has 0 saturated carbocycles. The first kappa shape index (κ1) is 19.5. The SMILES string of the molecule is Nc1ccccc1CCCc1nc(N)c(-c2ccc(F)cc2)c(-c2ccncc2)n1. The quantitative estimate of drug-likeness (QED) is 0.459. The molecule has 4 rings (SSSR count). The number of benzene rings is 2. The van der Waals surface area contributed by atoms with Crippen LogP contribution in [0.25, 0.3) is 22.4 Å². The van der Waals surface area contributed by atoms with Crippen LogP contribution in [0, 0.1) is 5.82 Å². The van der Waals surface area contributed by atoms with E-state index in [2.05, 4.69) is 9.97 Å². The van der Waals surface area contributed by atoms with Crippen LogP contribution in [0.1, 0.15) is 17.8 Å². The summed E-state index contributed by atoms with van der Waals surface area (Å²) in [7, 11) is 0. The summed E-state index contributed by atoms with van der Waals surface area (Å²) in [6.07, 6.45) is 5.76. The summed E-state index contributed by atoms with van der Waals surface area (Å²) in [5.74, 6) is 0.734. The fraction of sp³-hybridized carbons (Fsp3) is 0.125. The average molecular weight is 399 g/mol. The predicted octanol–water partition coefficient (Wildman–Crippen LogP) is 4.68. The molecule has 0 unspecified atom stereocenters. The van der Waals surface area contributed by atoms with Gasteiger partial charge in [0.1, 0.15) is 17.5 Å². The van der Waals surface area contributed by atoms with E-state index in [1.807, 2.05) is 36.4 Å². The van der Waals surface area contributed by atoms with Crippen molar-refractivity contribution in [1.29, 1.82) is 0 Å². The molecule has 0 saturated heterocycles. The normalized spacial score (nSPS) is 10.8. The third-order valence-corrected chi connectivity index (χ3v) is 4.97. The summed E-state index contributed by atoms with van der Waals surface area (Å²) < 4.78 is 13.4. The van der Waals surface area contributed by atoms with E-state index < -0.39 is 0 Å². The third kappa shape index (κ3) is 4.27. The lowest BCUT2D eigenvalue weighted by atomic mass is 9.99. The molecule has 6 heteroatoms. The molecule has 30 heavy (non-hydrogen) atoms. The fourth-order valence-electron chi connectivity index (χ4n) is 3.46. The summed E-state index contributed by atoms with van der Waals surface area (Å²) in [6.45, 7) is 0. The Morgan fingerprint density at radius 3 is 2.23 bits per heavy atom. The molecule has 4 aromatic rings. The Bertz CT molecular complexity index is 1140. The highest BCUT2D eigenvalue weighted by Crippen LogP contribution is 2.34. The van der Waals surface area contributed by atoms with Crippen molar-refractivity contribution in [3.8, 4) is 22.4 Å². The zero-order chi connectivity index (χ0) is 20.9. The predicted molar refractivity (Wildman–Crippen MR) is 118 cm³/mol. The molecule has 0 aliphatic carbocycles. The summed E-state index contributed by atoms with van der Waals surface area (Å²) in [5, 5.41) is 0. The van der Waals surface area contributed by atoms with Crippen molar-refractivity contribution in [3.63, 3.8) is 0 Å². The number of nitrogen functional groups attached to an aromatic ring is 2. The van der Waals surface area contributed by atoms with Crippen LogP contribution < -0.4 is 11.5 Å². The van der Waals surface area contributed by atoms with Crippen molar-refractivity contribution in [1.82, 2.24) is 15.0 Å². The Hall–Kier alpha value is -3.80. The zero-order valence-electron chi connectivity index (χ0n) is 16.4. The molecule has 0 fully saturated rings. The van der Waals surface area contributed by atoms with E-state index >= 15 is 0 Å². The van der Waals surface area contributed by atoms with E-state index in [9.17, 15) is 4.39 Å². The van der Waals surface area contributed by atoms with E-state index in [1.54, 1.807) is 24.5 Å². The molecule has 0 aliphatic rings. The number of halogens is 1. The van der Waals surface area contributed by atoms with E-state index in [1.165, 1.54) is 12.1 Å². The van der Waals surface area contributed by atoms with Crippen LogP contribution in [0.3, 0.4) is 0 Å². The van der Waals surface area contributed by atoms with Crippen LogP contribution in [0.2, 0.25) is 0 Å². The van der Waals surface area contributed by atoms with Gasteiger partial charge in [-0.05, 0) is 54.3 Å². The largest absolute Gasteiger partial charge is 0.399 e. The lowest BCUT2D eigenvalue weighted by molar-refractivity contribution is 0.628. The molecule has 4 N–H and O–H groups in total. The van der Waals surface area contributed by atoms with Crippen molar-refractivity contribution in [2.75, 3.05) is 11.5 Å². The van der Waals surface area contributed by atoms with Crippen LogP contribution in [-0.2, 0) is 12.8 Å². The number of nitrogens with zero attached hydrogens (tertiary/aromatic N) is 3. The van der Waals surface area contributed by atoms with Gasteiger partial charge in [0.2, 0.25) is 0 Å². The average Bonchev–Trinajstić information content (AvgIpc) is 2.76. The van der Waals surface area contributed by atoms with Gasteiger partial charge in [-0.15, -0.1) is 0 Å². The second kappa shape index (κ2) is 8.69. The first-order valence-electron chi connectivity index (χ1n) is 9.78. The van der Waals surface area contributed by atoms with E-state index in [0.29, 0.717) is 29.3 Å². The van der Waals surface area contributed by atoms with Crippen molar-refractivity contribution in [3.05, 3.63) is 90.3 Å². The summed E-state index contributed by atoms with van der Waals surface area (Å²) in [5.41, 5.74) is 17.4. The highest BCUT2D eigenvalue weighted by Gasteiger charge is 2.16. The molecular weight excluding hydrogens is 377 g/mol. The molecule has 0 spiro atoms. The highest BCUT2D eigenvalue weighted by atomic mass is 19.1. The molecule has 5 nitrogen and oxygen atoms in total. The first-order valence-corrected chi connectivity index (χ1v) is 9.78. The number of pyridine rings is 1. The van der Waals surface area contributed by atoms with Gasteiger partial charge in [-0.25, -0.2) is 14.4 Å². The first-order chi connectivity index (χ1) is 14.6. The van der Waals surface area contributed by atoms with E-state index in [-0.39, 0.29) is 5.82 Å². The van der Waals surface area contributed by atoms with Gasteiger partial charge >= 0.3 is 0 Å². The maximum absolute atomic E-state index is 13.4. The number of para-hydroxylation sites is 1. The molecule has 0 aliphatic heterocycles. The van der Waals surface area contributed by atoms with Gasteiger partial charge in [0.05, 0.1) is 11.3 Å². The number of aryl methyl sites for hydroxylation is 2. The minimum atomic E-state index is -0.305. The van der Waals surface area contributed by atoms with Crippen LogP contribution in [-0.4, -0.2) is 15.0 Å². The van der Waals surface area contributed by atoms with Crippen molar-refractivity contribution in [2.24, 2.45) is 0 Å². The second-order valence-electron chi connectivity index (χ2n) is 7.04. The monoisotopic (exact) mass is 399 g/mol. The Morgan fingerprint density at radius 1 is 0.767 bits per heavy atom. The summed E-state index contributed by atoms with van der Waals surface area (Å²) in [4.78, 5) is 13.4. The Labute approximate surface area is 174 Å². The lowest BCUT2D eigenvalue weighted by Crippen LogP contribution is -2.06. The number of hydrogen-bond acceptors (Lipinski definition) is 5. The van der Waals surface area contributed by atoms with Crippen molar-refractivity contribution >= 4 is 11.5 Å². The molecule has 2 heterocycles. The van der Waals surface area contributed by atoms with Gasteiger partial charge in [-0.2, -0.15) is 0 Å². The minimum Gasteiger partial charge on any atom is -0.399 e. The molecule has 2 aromatic heterocycles. The van der Waals surface area contributed by atoms with Crippen molar-refractivity contribution < 1.29 is 4.39 Å². The standard InChI is InChI=1S/C24H22FN5/c25-19-10-8-17(9-11-19)22-23(18-12-14-28-15-13-18)29-21(30-24(22)27)7-3-5-16-4-1-2-6-20(16)26/h1-2,4,6,8-15H,3,5,7,26H2,(H2,27,29,30). The van der Waals surface area contributed by atoms with Crippen LogP contribution >= 0.6 is 0 Å². The van der Waals surface area contributed by atoms with Crippen LogP contribution in [0.15, 0.2) is 73.1 Å². The minimum absolute atomic E-state index is 0.305.